The van der Waals surface area contributed by atoms with Gasteiger partial charge < -0.3 is 0 Å². The summed E-state index contributed by atoms with van der Waals surface area (Å²) < 4.78 is 1.90. The number of aromatic nitrogens is 5. The van der Waals surface area contributed by atoms with Crippen molar-refractivity contribution in [3.63, 3.8) is 0 Å². The second-order valence-corrected chi connectivity index (χ2v) is 6.21. The Morgan fingerprint density at radius 1 is 0.963 bits per heavy atom. The van der Waals surface area contributed by atoms with Gasteiger partial charge in [-0.15, -0.1) is 5.10 Å². The quantitative estimate of drug-likeness (QED) is 0.533. The summed E-state index contributed by atoms with van der Waals surface area (Å²) in [5, 5.41) is 4.66. The molecule has 0 atom stereocenters. The zero-order valence-corrected chi connectivity index (χ0v) is 15.0. The van der Waals surface area contributed by atoms with Crippen LogP contribution in [0.25, 0.3) is 29.0 Å². The fourth-order valence-electron chi connectivity index (χ4n) is 2.76. The largest absolute Gasteiger partial charge is 0.261 e. The number of nitrogens with zero attached hydrogens (tertiary/aromatic N) is 5. The van der Waals surface area contributed by atoms with Gasteiger partial charge in [0, 0.05) is 18.0 Å². The van der Waals surface area contributed by atoms with E-state index in [1.165, 1.54) is 5.56 Å². The Bertz CT molecular complexity index is 1040. The molecule has 5 heteroatoms. The molecule has 0 N–H and O–H groups in total. The summed E-state index contributed by atoms with van der Waals surface area (Å²) in [6.07, 6.45) is 9.14. The first-order valence-corrected chi connectivity index (χ1v) is 8.79. The van der Waals surface area contributed by atoms with Crippen molar-refractivity contribution < 1.29 is 0 Å². The lowest BCUT2D eigenvalue weighted by molar-refractivity contribution is 0.711. The van der Waals surface area contributed by atoms with Gasteiger partial charge in [-0.3, -0.25) is 4.98 Å². The van der Waals surface area contributed by atoms with Crippen LogP contribution >= 0.6 is 0 Å². The van der Waals surface area contributed by atoms with Gasteiger partial charge >= 0.3 is 0 Å². The van der Waals surface area contributed by atoms with Crippen LogP contribution in [0.2, 0.25) is 0 Å². The average molecular weight is 353 g/mol. The lowest BCUT2D eigenvalue weighted by Gasteiger charge is -2.03. The van der Waals surface area contributed by atoms with Gasteiger partial charge in [0.1, 0.15) is 5.69 Å². The van der Waals surface area contributed by atoms with Crippen LogP contribution in [-0.4, -0.2) is 24.7 Å². The third kappa shape index (κ3) is 3.98. The predicted octanol–water partition coefficient (Wildman–Crippen LogP) is 4.42. The van der Waals surface area contributed by atoms with Gasteiger partial charge in [-0.25, -0.2) is 14.6 Å². The molecule has 0 saturated heterocycles. The molecule has 4 rings (SSSR count). The summed E-state index contributed by atoms with van der Waals surface area (Å²) in [7, 11) is 0. The second kappa shape index (κ2) is 7.74. The summed E-state index contributed by atoms with van der Waals surface area (Å²) in [6, 6.07) is 18.5. The zero-order chi connectivity index (χ0) is 18.5. The smallest absolute Gasteiger partial charge is 0.201 e. The van der Waals surface area contributed by atoms with Crippen LogP contribution in [0.4, 0.5) is 0 Å². The van der Waals surface area contributed by atoms with Crippen molar-refractivity contribution in [2.24, 2.45) is 0 Å². The number of aryl methyl sites for hydroxylation is 1. The number of benzene rings is 2. The average Bonchev–Trinajstić information content (AvgIpc) is 3.14. The van der Waals surface area contributed by atoms with Crippen LogP contribution in [0.1, 0.15) is 11.1 Å². The Morgan fingerprint density at radius 3 is 2.52 bits per heavy atom. The van der Waals surface area contributed by atoms with Crippen LogP contribution in [0.3, 0.4) is 0 Å². The highest BCUT2D eigenvalue weighted by Crippen LogP contribution is 2.21. The first-order chi connectivity index (χ1) is 13.3. The highest BCUT2D eigenvalue weighted by molar-refractivity contribution is 5.60. The molecule has 132 valence electrons. The van der Waals surface area contributed by atoms with Crippen LogP contribution in [-0.2, 0) is 6.54 Å². The molecular formula is C22H19N5. The first kappa shape index (κ1) is 16.8. The number of hydrogen-bond acceptors (Lipinski definition) is 4. The van der Waals surface area contributed by atoms with E-state index < -0.39 is 0 Å². The van der Waals surface area contributed by atoms with E-state index in [-0.39, 0.29) is 0 Å². The maximum atomic E-state index is 4.72. The van der Waals surface area contributed by atoms with Crippen molar-refractivity contribution in [1.82, 2.24) is 24.7 Å². The third-order valence-electron chi connectivity index (χ3n) is 4.16. The van der Waals surface area contributed by atoms with Crippen molar-refractivity contribution in [3.05, 3.63) is 90.4 Å². The summed E-state index contributed by atoms with van der Waals surface area (Å²) >= 11 is 0. The van der Waals surface area contributed by atoms with Crippen molar-refractivity contribution in [2.45, 2.75) is 13.5 Å². The van der Waals surface area contributed by atoms with E-state index in [0.717, 1.165) is 17.0 Å². The number of hydrogen-bond donors (Lipinski definition) is 0. The number of rotatable bonds is 5. The molecule has 0 fully saturated rings. The summed E-state index contributed by atoms with van der Waals surface area (Å²) in [6.45, 7) is 2.69. The minimum atomic E-state index is 0.576. The SMILES string of the molecule is Cc1ccc(-c2nc(-c3cnccn3)nn2C/C=C/c2ccccc2)cc1. The summed E-state index contributed by atoms with van der Waals surface area (Å²) in [5.74, 6) is 1.39. The maximum Gasteiger partial charge on any atom is 0.201 e. The van der Waals surface area contributed by atoms with Gasteiger partial charge in [0.05, 0.1) is 12.7 Å². The Hall–Kier alpha value is -3.60. The second-order valence-electron chi connectivity index (χ2n) is 6.21. The normalized spacial score (nSPS) is 11.1. The lowest BCUT2D eigenvalue weighted by atomic mass is 10.1. The van der Waals surface area contributed by atoms with Gasteiger partial charge in [0.15, 0.2) is 5.82 Å². The van der Waals surface area contributed by atoms with Crippen LogP contribution in [0.15, 0.2) is 79.3 Å². The minimum absolute atomic E-state index is 0.576. The van der Waals surface area contributed by atoms with Crippen LogP contribution < -0.4 is 0 Å². The monoisotopic (exact) mass is 353 g/mol. The molecule has 0 aliphatic carbocycles. The Kier molecular flexibility index (Phi) is 4.83. The molecule has 2 aromatic heterocycles. The van der Waals surface area contributed by atoms with E-state index in [1.54, 1.807) is 18.6 Å². The molecule has 2 aromatic carbocycles. The molecule has 0 amide bonds. The summed E-state index contributed by atoms with van der Waals surface area (Å²) in [4.78, 5) is 13.2. The Morgan fingerprint density at radius 2 is 1.78 bits per heavy atom. The molecular weight excluding hydrogens is 334 g/mol. The third-order valence-corrected chi connectivity index (χ3v) is 4.16. The standard InChI is InChI=1S/C22H19N5/c1-17-9-11-19(12-10-17)22-25-21(20-16-23-13-14-24-20)26-27(22)15-5-8-18-6-3-2-4-7-18/h2-14,16H,15H2,1H3/b8-5+. The molecule has 0 radical (unpaired) electrons. The van der Waals surface area contributed by atoms with Gasteiger partial charge in [0.2, 0.25) is 5.82 Å². The first-order valence-electron chi connectivity index (χ1n) is 8.79. The molecule has 0 bridgehead atoms. The molecule has 0 aliphatic rings. The molecule has 27 heavy (non-hydrogen) atoms. The Labute approximate surface area is 158 Å². The van der Waals surface area contributed by atoms with Crippen molar-refractivity contribution >= 4 is 6.08 Å². The molecule has 0 unspecified atom stereocenters. The highest BCUT2D eigenvalue weighted by atomic mass is 15.3. The zero-order valence-electron chi connectivity index (χ0n) is 15.0. The van der Waals surface area contributed by atoms with Crippen molar-refractivity contribution in [3.8, 4) is 22.9 Å². The van der Waals surface area contributed by atoms with E-state index in [0.29, 0.717) is 18.1 Å². The highest BCUT2D eigenvalue weighted by Gasteiger charge is 2.13. The summed E-state index contributed by atoms with van der Waals surface area (Å²) in [5.41, 5.74) is 4.06. The molecule has 2 heterocycles. The predicted molar refractivity (Wildman–Crippen MR) is 107 cm³/mol. The van der Waals surface area contributed by atoms with E-state index >= 15 is 0 Å². The van der Waals surface area contributed by atoms with E-state index in [1.807, 2.05) is 22.9 Å². The molecule has 4 aromatic rings. The fraction of sp³-hybridized carbons (Fsp3) is 0.0909. The van der Waals surface area contributed by atoms with Gasteiger partial charge in [0.25, 0.3) is 0 Å². The Balaban J connectivity index is 1.68. The van der Waals surface area contributed by atoms with Gasteiger partial charge in [-0.1, -0.05) is 72.3 Å². The van der Waals surface area contributed by atoms with E-state index in [9.17, 15) is 0 Å². The van der Waals surface area contributed by atoms with E-state index in [4.69, 9.17) is 4.98 Å². The fourth-order valence-corrected chi connectivity index (χ4v) is 2.76. The molecule has 5 nitrogen and oxygen atoms in total. The van der Waals surface area contributed by atoms with E-state index in [2.05, 4.69) is 70.5 Å². The lowest BCUT2D eigenvalue weighted by Crippen LogP contribution is -2.01. The van der Waals surface area contributed by atoms with Gasteiger partial charge in [-0.05, 0) is 12.5 Å². The van der Waals surface area contributed by atoms with Crippen LogP contribution in [0, 0.1) is 6.92 Å². The maximum absolute atomic E-state index is 4.72. The topological polar surface area (TPSA) is 56.5 Å². The molecule has 0 saturated carbocycles. The molecule has 0 spiro atoms. The van der Waals surface area contributed by atoms with Crippen molar-refractivity contribution in [2.75, 3.05) is 0 Å². The molecule has 0 aliphatic heterocycles. The van der Waals surface area contributed by atoms with Crippen molar-refractivity contribution in [1.29, 1.82) is 0 Å². The van der Waals surface area contributed by atoms with Gasteiger partial charge in [-0.2, -0.15) is 0 Å². The number of allylic oxidation sites excluding steroid dienone is 1. The minimum Gasteiger partial charge on any atom is -0.261 e. The van der Waals surface area contributed by atoms with Crippen LogP contribution in [0.5, 0.6) is 0 Å².